The van der Waals surface area contributed by atoms with Crippen LogP contribution in [0.4, 0.5) is 0 Å². The number of aliphatic imine (C=N–C) groups is 1. The standard InChI is InChI=1S/C38H37ClN6O6S/c1-20-21(2)52-38-31(20)33(24-11-13-25(39)14-12-24)40-28(34-43-42-22(3)44(34)38)19-26(46)9-6-18-51-17-5-8-23-7-4-10-27-32(23)37(50)45(36(27)49)29-15-16-30(47)41-35(29)48/h4,7,10-14,28-29H,5-6,8-9,15-19H2,1-3H3,(H,41,47,48)/t28-,29?/m0/s1. The van der Waals surface area contributed by atoms with E-state index >= 15 is 0 Å². The number of benzene rings is 2. The number of carbonyl (C=O) groups is 5. The van der Waals surface area contributed by atoms with Gasteiger partial charge in [-0.2, -0.15) is 0 Å². The van der Waals surface area contributed by atoms with Crippen LogP contribution in [0, 0.1) is 20.8 Å². The third-order valence-electron chi connectivity index (χ3n) is 9.81. The Morgan fingerprint density at radius 1 is 0.981 bits per heavy atom. The van der Waals surface area contributed by atoms with Gasteiger partial charge in [-0.1, -0.05) is 35.9 Å². The Kier molecular flexibility index (Phi) is 10.0. The summed E-state index contributed by atoms with van der Waals surface area (Å²) >= 11 is 7.88. The number of piperidine rings is 1. The lowest BCUT2D eigenvalue weighted by molar-refractivity contribution is -0.136. The molecular formula is C38H37ClN6O6S. The highest BCUT2D eigenvalue weighted by Crippen LogP contribution is 2.40. The SMILES string of the molecule is Cc1sc2c(c1C)C(c1ccc(Cl)cc1)=N[C@@H](CC(=O)CCCOCCCc1cccc3c1C(=O)N(C1CCC(=O)NC1=O)C3=O)c1nnc(C)n1-2. The number of Topliss-reactive ketones (excluding diaryl/α,β-unsaturated/α-hetero) is 1. The van der Waals surface area contributed by atoms with Crippen LogP contribution in [0.5, 0.6) is 0 Å². The quantitative estimate of drug-likeness (QED) is 0.146. The zero-order valence-corrected chi connectivity index (χ0v) is 30.6. The lowest BCUT2D eigenvalue weighted by Crippen LogP contribution is -2.54. The van der Waals surface area contributed by atoms with Crippen molar-refractivity contribution in [3.63, 3.8) is 0 Å². The molecule has 1 N–H and O–H groups in total. The minimum absolute atomic E-state index is 0.0433. The van der Waals surface area contributed by atoms with Crippen molar-refractivity contribution < 1.29 is 28.7 Å². The summed E-state index contributed by atoms with van der Waals surface area (Å²) in [6, 6.07) is 11.2. The number of imide groups is 2. The predicted octanol–water partition coefficient (Wildman–Crippen LogP) is 5.59. The molecule has 3 aliphatic rings. The van der Waals surface area contributed by atoms with E-state index in [1.807, 2.05) is 35.8 Å². The molecule has 0 bridgehead atoms. The van der Waals surface area contributed by atoms with E-state index in [1.165, 1.54) is 4.88 Å². The van der Waals surface area contributed by atoms with Crippen molar-refractivity contribution in [3.05, 3.63) is 97.4 Å². The second kappa shape index (κ2) is 14.6. The normalized spacial score (nSPS) is 18.2. The number of nitrogens with zero attached hydrogens (tertiary/aromatic N) is 5. The lowest BCUT2D eigenvalue weighted by atomic mass is 9.99. The van der Waals surface area contributed by atoms with Crippen molar-refractivity contribution >= 4 is 58.1 Å². The Morgan fingerprint density at radius 3 is 2.52 bits per heavy atom. The van der Waals surface area contributed by atoms with E-state index in [2.05, 4.69) is 29.4 Å². The van der Waals surface area contributed by atoms with Crippen LogP contribution in [0.2, 0.25) is 5.02 Å². The second-order valence-corrected chi connectivity index (χ2v) is 14.9. The summed E-state index contributed by atoms with van der Waals surface area (Å²) in [6.07, 6.45) is 2.27. The zero-order chi connectivity index (χ0) is 36.7. The molecule has 0 spiro atoms. The first-order chi connectivity index (χ1) is 25.0. The number of thiophene rings is 1. The summed E-state index contributed by atoms with van der Waals surface area (Å²) in [6.45, 7) is 6.87. The molecule has 1 unspecified atom stereocenters. The third-order valence-corrected chi connectivity index (χ3v) is 11.3. The first-order valence-corrected chi connectivity index (χ1v) is 18.5. The molecule has 1 saturated heterocycles. The zero-order valence-electron chi connectivity index (χ0n) is 29.0. The molecule has 4 amide bonds. The van der Waals surface area contributed by atoms with Gasteiger partial charge in [-0.05, 0) is 75.8 Å². The largest absolute Gasteiger partial charge is 0.381 e. The molecule has 12 nitrogen and oxygen atoms in total. The maximum absolute atomic E-state index is 13.4. The molecule has 0 aliphatic carbocycles. The molecule has 0 radical (unpaired) electrons. The van der Waals surface area contributed by atoms with E-state index in [1.54, 1.807) is 29.5 Å². The molecule has 14 heteroatoms. The summed E-state index contributed by atoms with van der Waals surface area (Å²) in [5, 5.41) is 12.7. The van der Waals surface area contributed by atoms with Crippen molar-refractivity contribution in [3.8, 4) is 5.00 Å². The number of amides is 4. The Labute approximate surface area is 309 Å². The molecule has 5 heterocycles. The monoisotopic (exact) mass is 740 g/mol. The van der Waals surface area contributed by atoms with Crippen molar-refractivity contribution in [2.24, 2.45) is 4.99 Å². The van der Waals surface area contributed by atoms with Gasteiger partial charge in [0.25, 0.3) is 11.8 Å². The predicted molar refractivity (Wildman–Crippen MR) is 194 cm³/mol. The average molecular weight is 741 g/mol. The number of aromatic nitrogens is 3. The summed E-state index contributed by atoms with van der Waals surface area (Å²) in [5.41, 5.74) is 5.13. The Balaban J connectivity index is 0.948. The van der Waals surface area contributed by atoms with Gasteiger partial charge in [0.05, 0.1) is 16.8 Å². The molecular weight excluding hydrogens is 704 g/mol. The van der Waals surface area contributed by atoms with E-state index in [9.17, 15) is 24.0 Å². The van der Waals surface area contributed by atoms with Crippen LogP contribution in [0.3, 0.4) is 0 Å². The Morgan fingerprint density at radius 2 is 1.75 bits per heavy atom. The molecule has 2 aromatic heterocycles. The number of fused-ring (bicyclic) bond motifs is 4. The molecule has 3 aliphatic heterocycles. The van der Waals surface area contributed by atoms with Crippen molar-refractivity contribution in [1.29, 1.82) is 0 Å². The summed E-state index contributed by atoms with van der Waals surface area (Å²) in [5.74, 6) is -0.670. The van der Waals surface area contributed by atoms with Gasteiger partial charge in [-0.15, -0.1) is 21.5 Å². The third kappa shape index (κ3) is 6.64. The molecule has 2 atom stereocenters. The first-order valence-electron chi connectivity index (χ1n) is 17.3. The van der Waals surface area contributed by atoms with Gasteiger partial charge < -0.3 is 4.74 Å². The summed E-state index contributed by atoms with van der Waals surface area (Å²) in [4.78, 5) is 71.2. The van der Waals surface area contributed by atoms with Gasteiger partial charge in [0.2, 0.25) is 11.8 Å². The fraction of sp³-hybridized carbons (Fsp3) is 0.368. The molecule has 7 rings (SSSR count). The van der Waals surface area contributed by atoms with E-state index in [0.717, 1.165) is 38.1 Å². The van der Waals surface area contributed by atoms with E-state index in [-0.39, 0.29) is 30.6 Å². The number of nitrogens with one attached hydrogen (secondary N) is 1. The lowest BCUT2D eigenvalue weighted by Gasteiger charge is -2.27. The smallest absolute Gasteiger partial charge is 0.262 e. The average Bonchev–Trinajstić information content (AvgIpc) is 3.69. The van der Waals surface area contributed by atoms with Crippen molar-refractivity contribution in [2.45, 2.75) is 77.8 Å². The fourth-order valence-electron chi connectivity index (χ4n) is 7.08. The van der Waals surface area contributed by atoms with Gasteiger partial charge >= 0.3 is 0 Å². The Bertz CT molecular complexity index is 2150. The number of rotatable bonds is 12. The van der Waals surface area contributed by atoms with Crippen molar-refractivity contribution in [2.75, 3.05) is 13.2 Å². The molecule has 4 aromatic rings. The number of hydrogen-bond acceptors (Lipinski definition) is 10. The molecule has 0 saturated carbocycles. The molecule has 268 valence electrons. The van der Waals surface area contributed by atoms with Crippen LogP contribution in [-0.4, -0.2) is 74.0 Å². The minimum atomic E-state index is -1.01. The molecule has 1 fully saturated rings. The van der Waals surface area contributed by atoms with Crippen LogP contribution in [0.25, 0.3) is 5.00 Å². The van der Waals surface area contributed by atoms with E-state index in [0.29, 0.717) is 60.9 Å². The number of carbonyl (C=O) groups excluding carboxylic acids is 5. The number of ether oxygens (including phenoxy) is 1. The number of halogens is 1. The second-order valence-electron chi connectivity index (χ2n) is 13.3. The van der Waals surface area contributed by atoms with Crippen LogP contribution in [0.15, 0.2) is 47.5 Å². The van der Waals surface area contributed by atoms with Gasteiger partial charge in [0.15, 0.2) is 5.82 Å². The van der Waals surface area contributed by atoms with Gasteiger partial charge in [0.1, 0.15) is 28.7 Å². The summed E-state index contributed by atoms with van der Waals surface area (Å²) in [7, 11) is 0. The van der Waals surface area contributed by atoms with Crippen molar-refractivity contribution in [1.82, 2.24) is 25.0 Å². The Hall–Kier alpha value is -4.85. The topological polar surface area (TPSA) is 153 Å². The van der Waals surface area contributed by atoms with Gasteiger partial charge in [-0.25, -0.2) is 0 Å². The highest BCUT2D eigenvalue weighted by atomic mass is 35.5. The van der Waals surface area contributed by atoms with Crippen LogP contribution in [-0.2, 0) is 25.5 Å². The van der Waals surface area contributed by atoms with Crippen LogP contribution in [0.1, 0.15) is 104 Å². The van der Waals surface area contributed by atoms with E-state index < -0.39 is 35.7 Å². The highest BCUT2D eigenvalue weighted by Gasteiger charge is 2.45. The maximum atomic E-state index is 13.4. The molecule has 52 heavy (non-hydrogen) atoms. The van der Waals surface area contributed by atoms with Crippen LogP contribution >= 0.6 is 22.9 Å². The van der Waals surface area contributed by atoms with E-state index in [4.69, 9.17) is 21.3 Å². The van der Waals surface area contributed by atoms with Gasteiger partial charge in [0, 0.05) is 53.5 Å². The number of hydrogen-bond donors (Lipinski definition) is 1. The number of ketones is 1. The molecule has 2 aromatic carbocycles. The number of aryl methyl sites for hydroxylation is 3. The first kappa shape index (κ1) is 35.5. The van der Waals surface area contributed by atoms with Crippen LogP contribution < -0.4 is 5.32 Å². The maximum Gasteiger partial charge on any atom is 0.262 e. The summed E-state index contributed by atoms with van der Waals surface area (Å²) < 4.78 is 7.89. The van der Waals surface area contributed by atoms with Gasteiger partial charge in [-0.3, -0.25) is 43.7 Å². The fourth-order valence-corrected chi connectivity index (χ4v) is 8.42. The highest BCUT2D eigenvalue weighted by molar-refractivity contribution is 7.15. The minimum Gasteiger partial charge on any atom is -0.381 e.